The molecule has 3 aromatic heterocycles. The van der Waals surface area contributed by atoms with Gasteiger partial charge in [-0.05, 0) is 12.1 Å². The molecule has 0 unspecified atom stereocenters. The summed E-state index contributed by atoms with van der Waals surface area (Å²) in [6.45, 7) is 0. The molecular formula is C15H8F2N4O. The monoisotopic (exact) mass is 298 g/mol. The van der Waals surface area contributed by atoms with Crippen LogP contribution in [0.4, 0.5) is 8.78 Å². The SMILES string of the molecule is Fc1cccc(-c2cnoc2-c2c[nH]c3nnccc23)c1F. The zero-order valence-electron chi connectivity index (χ0n) is 11.0. The van der Waals surface area contributed by atoms with Crippen LogP contribution in [0.3, 0.4) is 0 Å². The topological polar surface area (TPSA) is 67.6 Å². The Kier molecular flexibility index (Phi) is 2.72. The van der Waals surface area contributed by atoms with Crippen LogP contribution < -0.4 is 0 Å². The van der Waals surface area contributed by atoms with E-state index >= 15 is 0 Å². The summed E-state index contributed by atoms with van der Waals surface area (Å²) in [4.78, 5) is 2.95. The maximum Gasteiger partial charge on any atom is 0.176 e. The fraction of sp³-hybridized carbons (Fsp3) is 0. The summed E-state index contributed by atoms with van der Waals surface area (Å²) in [5.41, 5.74) is 1.68. The molecule has 108 valence electrons. The summed E-state index contributed by atoms with van der Waals surface area (Å²) >= 11 is 0. The van der Waals surface area contributed by atoms with Crippen molar-refractivity contribution in [3.8, 4) is 22.5 Å². The lowest BCUT2D eigenvalue weighted by Gasteiger charge is -2.03. The number of nitrogens with zero attached hydrogens (tertiary/aromatic N) is 3. The van der Waals surface area contributed by atoms with E-state index in [1.165, 1.54) is 18.3 Å². The third kappa shape index (κ3) is 1.79. The average Bonchev–Trinajstić information content (AvgIpc) is 3.16. The van der Waals surface area contributed by atoms with Crippen molar-refractivity contribution in [1.29, 1.82) is 0 Å². The second-order valence-corrected chi connectivity index (χ2v) is 4.67. The number of hydrogen-bond donors (Lipinski definition) is 1. The van der Waals surface area contributed by atoms with Crippen molar-refractivity contribution in [1.82, 2.24) is 20.3 Å². The summed E-state index contributed by atoms with van der Waals surface area (Å²) in [6, 6.07) is 5.73. The predicted molar refractivity (Wildman–Crippen MR) is 74.7 cm³/mol. The van der Waals surface area contributed by atoms with E-state index in [-0.39, 0.29) is 5.56 Å². The molecule has 0 saturated carbocycles. The van der Waals surface area contributed by atoms with Gasteiger partial charge in [0.25, 0.3) is 0 Å². The zero-order chi connectivity index (χ0) is 15.1. The summed E-state index contributed by atoms with van der Waals surface area (Å²) < 4.78 is 32.7. The Bertz CT molecular complexity index is 977. The highest BCUT2D eigenvalue weighted by molar-refractivity contribution is 5.95. The lowest BCUT2D eigenvalue weighted by atomic mass is 10.0. The number of nitrogens with one attached hydrogen (secondary N) is 1. The first-order valence-electron chi connectivity index (χ1n) is 6.44. The molecule has 0 radical (unpaired) electrons. The molecule has 1 aromatic carbocycles. The van der Waals surface area contributed by atoms with Gasteiger partial charge in [-0.15, -0.1) is 5.10 Å². The van der Waals surface area contributed by atoms with Gasteiger partial charge in [0.2, 0.25) is 0 Å². The standard InChI is InChI=1S/C15H8F2N4O/c16-12-3-1-2-8(13(12)17)11-7-20-22-14(11)10-6-18-15-9(10)4-5-19-21-15/h1-7H,(H,18,21). The normalized spacial score (nSPS) is 11.2. The van der Waals surface area contributed by atoms with E-state index in [2.05, 4.69) is 20.3 Å². The van der Waals surface area contributed by atoms with Gasteiger partial charge in [0, 0.05) is 22.7 Å². The number of fused-ring (bicyclic) bond motifs is 1. The van der Waals surface area contributed by atoms with Gasteiger partial charge in [0.1, 0.15) is 0 Å². The lowest BCUT2D eigenvalue weighted by Crippen LogP contribution is -1.89. The Labute approximate surface area is 122 Å². The second kappa shape index (κ2) is 4.73. The quantitative estimate of drug-likeness (QED) is 0.614. The highest BCUT2D eigenvalue weighted by atomic mass is 19.2. The number of halogens is 2. The largest absolute Gasteiger partial charge is 0.356 e. The lowest BCUT2D eigenvalue weighted by molar-refractivity contribution is 0.432. The fourth-order valence-corrected chi connectivity index (χ4v) is 2.40. The third-order valence-electron chi connectivity index (χ3n) is 3.42. The van der Waals surface area contributed by atoms with E-state index in [0.29, 0.717) is 22.5 Å². The van der Waals surface area contributed by atoms with E-state index in [1.54, 1.807) is 18.5 Å². The van der Waals surface area contributed by atoms with Gasteiger partial charge in [0.15, 0.2) is 23.0 Å². The van der Waals surface area contributed by atoms with Crippen molar-refractivity contribution in [2.75, 3.05) is 0 Å². The van der Waals surface area contributed by atoms with Gasteiger partial charge in [-0.25, -0.2) is 8.78 Å². The second-order valence-electron chi connectivity index (χ2n) is 4.67. The van der Waals surface area contributed by atoms with Crippen molar-refractivity contribution in [3.05, 3.63) is 54.5 Å². The van der Waals surface area contributed by atoms with E-state index < -0.39 is 11.6 Å². The zero-order valence-corrected chi connectivity index (χ0v) is 11.0. The maximum absolute atomic E-state index is 14.0. The fourth-order valence-electron chi connectivity index (χ4n) is 2.40. The molecule has 0 bridgehead atoms. The minimum Gasteiger partial charge on any atom is -0.356 e. The Hall–Kier alpha value is -3.09. The van der Waals surface area contributed by atoms with Gasteiger partial charge in [-0.3, -0.25) is 0 Å². The Morgan fingerprint density at radius 3 is 2.86 bits per heavy atom. The minimum absolute atomic E-state index is 0.0904. The van der Waals surface area contributed by atoms with Crippen LogP contribution in [-0.4, -0.2) is 20.3 Å². The number of benzene rings is 1. The van der Waals surface area contributed by atoms with Crippen molar-refractivity contribution < 1.29 is 13.3 Å². The van der Waals surface area contributed by atoms with Crippen molar-refractivity contribution in [2.24, 2.45) is 0 Å². The molecule has 0 aliphatic heterocycles. The molecule has 4 rings (SSSR count). The maximum atomic E-state index is 14.0. The number of aromatic amines is 1. The highest BCUT2D eigenvalue weighted by Crippen LogP contribution is 2.36. The number of hydrogen-bond acceptors (Lipinski definition) is 4. The van der Waals surface area contributed by atoms with Crippen molar-refractivity contribution in [3.63, 3.8) is 0 Å². The first-order chi connectivity index (χ1) is 10.8. The molecule has 0 saturated heterocycles. The molecule has 0 fully saturated rings. The molecule has 1 N–H and O–H groups in total. The van der Waals surface area contributed by atoms with E-state index in [0.717, 1.165) is 11.5 Å². The van der Waals surface area contributed by atoms with Crippen LogP contribution in [0.15, 0.2) is 47.4 Å². The number of aromatic nitrogens is 4. The molecule has 0 aliphatic rings. The van der Waals surface area contributed by atoms with Crippen LogP contribution in [-0.2, 0) is 0 Å². The van der Waals surface area contributed by atoms with Crippen LogP contribution in [0.25, 0.3) is 33.5 Å². The van der Waals surface area contributed by atoms with Crippen LogP contribution in [0.5, 0.6) is 0 Å². The van der Waals surface area contributed by atoms with E-state index in [4.69, 9.17) is 4.52 Å². The molecule has 22 heavy (non-hydrogen) atoms. The van der Waals surface area contributed by atoms with Gasteiger partial charge < -0.3 is 9.51 Å². The number of rotatable bonds is 2. The average molecular weight is 298 g/mol. The van der Waals surface area contributed by atoms with Gasteiger partial charge in [-0.1, -0.05) is 17.3 Å². The molecule has 4 aromatic rings. The molecular weight excluding hydrogens is 290 g/mol. The molecule has 0 spiro atoms. The predicted octanol–water partition coefficient (Wildman–Crippen LogP) is 3.56. The van der Waals surface area contributed by atoms with Crippen LogP contribution in [0.1, 0.15) is 0 Å². The smallest absolute Gasteiger partial charge is 0.176 e. The van der Waals surface area contributed by atoms with Crippen LogP contribution >= 0.6 is 0 Å². The first kappa shape index (κ1) is 12.6. The van der Waals surface area contributed by atoms with Gasteiger partial charge >= 0.3 is 0 Å². The van der Waals surface area contributed by atoms with Gasteiger partial charge in [-0.2, -0.15) is 5.10 Å². The Morgan fingerprint density at radius 2 is 1.95 bits per heavy atom. The van der Waals surface area contributed by atoms with E-state index in [1.807, 2.05) is 0 Å². The molecule has 0 amide bonds. The van der Waals surface area contributed by atoms with Crippen LogP contribution in [0.2, 0.25) is 0 Å². The van der Waals surface area contributed by atoms with Crippen molar-refractivity contribution >= 4 is 11.0 Å². The summed E-state index contributed by atoms with van der Waals surface area (Å²) in [5, 5.41) is 12.2. The first-order valence-corrected chi connectivity index (χ1v) is 6.44. The summed E-state index contributed by atoms with van der Waals surface area (Å²) in [5.74, 6) is -1.52. The Morgan fingerprint density at radius 1 is 1.05 bits per heavy atom. The minimum atomic E-state index is -0.938. The summed E-state index contributed by atoms with van der Waals surface area (Å²) in [7, 11) is 0. The van der Waals surface area contributed by atoms with Gasteiger partial charge in [0.05, 0.1) is 18.0 Å². The Balaban J connectivity index is 1.96. The van der Waals surface area contributed by atoms with Crippen molar-refractivity contribution in [2.45, 2.75) is 0 Å². The molecule has 7 heteroatoms. The molecule has 0 atom stereocenters. The third-order valence-corrected chi connectivity index (χ3v) is 3.42. The summed E-state index contributed by atoms with van der Waals surface area (Å²) in [6.07, 6.45) is 4.57. The highest BCUT2D eigenvalue weighted by Gasteiger charge is 2.20. The van der Waals surface area contributed by atoms with E-state index in [9.17, 15) is 8.78 Å². The number of H-pyrrole nitrogens is 1. The molecule has 3 heterocycles. The molecule has 0 aliphatic carbocycles. The van der Waals surface area contributed by atoms with Crippen LogP contribution in [0, 0.1) is 11.6 Å². The molecule has 5 nitrogen and oxygen atoms in total.